The monoisotopic (exact) mass is 452 g/mol. The first-order chi connectivity index (χ1) is 15.3. The zero-order valence-electron chi connectivity index (χ0n) is 18.4. The molecule has 0 aromatic rings. The predicted octanol–water partition coefficient (Wildman–Crippen LogP) is 4.01. The molecule has 0 aromatic heterocycles. The Balaban J connectivity index is 2.01. The normalized spacial score (nSPS) is 18.8. The van der Waals surface area contributed by atoms with E-state index in [0.717, 1.165) is 44.9 Å². The average Bonchev–Trinajstić information content (AvgIpc) is 3.02. The number of hydrogen-bond acceptors (Lipinski definition) is 7. The number of cyclic esters (lactones) is 1. The lowest BCUT2D eigenvalue weighted by Gasteiger charge is -2.22. The van der Waals surface area contributed by atoms with Crippen molar-refractivity contribution in [2.24, 2.45) is 0 Å². The highest BCUT2D eigenvalue weighted by molar-refractivity contribution is 5.89. The number of unbranched alkanes of at least 4 members (excludes halogenated alkanes) is 5. The van der Waals surface area contributed by atoms with Crippen molar-refractivity contribution in [3.8, 4) is 0 Å². The van der Waals surface area contributed by atoms with Gasteiger partial charge in [-0.05, 0) is 51.4 Å². The Morgan fingerprint density at radius 1 is 0.875 bits per heavy atom. The standard InChI is InChI=1S/C24H36O8/c25-18(20(28)23-21(29)22(30)24(31)32-23)16-14-12-10-8-6-4-2-1-3-5-7-9-11-13-15-17-19(26)27/h1,3-4,6-7,9,18,20,23,25,28-30H,2,5,8,10-17H2,(H,26,27)/b3-1-,6-4-,9-7-/t18?,20-,23+/m0/s1. The van der Waals surface area contributed by atoms with E-state index in [4.69, 9.17) is 5.11 Å². The van der Waals surface area contributed by atoms with Gasteiger partial charge in [0.1, 0.15) is 6.10 Å². The maximum Gasteiger partial charge on any atom is 0.377 e. The lowest BCUT2D eigenvalue weighted by molar-refractivity contribution is -0.150. The zero-order valence-corrected chi connectivity index (χ0v) is 18.4. The van der Waals surface area contributed by atoms with Crippen molar-refractivity contribution in [3.63, 3.8) is 0 Å². The number of carboxylic acid groups (broad SMARTS) is 1. The predicted molar refractivity (Wildman–Crippen MR) is 120 cm³/mol. The Hall–Kier alpha value is -2.58. The van der Waals surface area contributed by atoms with Crippen molar-refractivity contribution in [2.75, 3.05) is 0 Å². The van der Waals surface area contributed by atoms with E-state index in [1.54, 1.807) is 0 Å². The molecule has 0 fully saturated rings. The SMILES string of the molecule is O=C(O)CCCC/C=C\C/C=C\C/C=C\CCCCCC(O)[C@H](O)[C@H]1OC(=O)C(O)=C1O. The van der Waals surface area contributed by atoms with Crippen molar-refractivity contribution in [1.82, 2.24) is 0 Å². The van der Waals surface area contributed by atoms with Crippen LogP contribution in [0.1, 0.15) is 70.6 Å². The van der Waals surface area contributed by atoms with E-state index in [1.165, 1.54) is 0 Å². The number of esters is 1. The Bertz CT molecular complexity index is 692. The van der Waals surface area contributed by atoms with Gasteiger partial charge in [-0.2, -0.15) is 0 Å². The number of aliphatic carboxylic acids is 1. The van der Waals surface area contributed by atoms with Gasteiger partial charge >= 0.3 is 11.9 Å². The Kier molecular flexibility index (Phi) is 13.8. The van der Waals surface area contributed by atoms with Crippen LogP contribution in [-0.4, -0.2) is 55.8 Å². The van der Waals surface area contributed by atoms with Gasteiger partial charge in [-0.15, -0.1) is 0 Å². The fraction of sp³-hybridized carbons (Fsp3) is 0.583. The number of allylic oxidation sites excluding steroid dienone is 6. The maximum atomic E-state index is 11.1. The third kappa shape index (κ3) is 11.2. The summed E-state index contributed by atoms with van der Waals surface area (Å²) in [4.78, 5) is 21.5. The van der Waals surface area contributed by atoms with Crippen LogP contribution in [0.4, 0.5) is 0 Å². The molecular formula is C24H36O8. The van der Waals surface area contributed by atoms with E-state index in [9.17, 15) is 30.0 Å². The molecule has 0 saturated heterocycles. The van der Waals surface area contributed by atoms with Crippen molar-refractivity contribution in [2.45, 2.75) is 88.9 Å². The van der Waals surface area contributed by atoms with Gasteiger partial charge in [0.2, 0.25) is 5.76 Å². The van der Waals surface area contributed by atoms with Gasteiger partial charge in [-0.1, -0.05) is 49.3 Å². The smallest absolute Gasteiger partial charge is 0.377 e. The molecule has 3 atom stereocenters. The summed E-state index contributed by atoms with van der Waals surface area (Å²) in [6.07, 6.45) is 16.7. The highest BCUT2D eigenvalue weighted by atomic mass is 16.6. The number of aliphatic hydroxyl groups excluding tert-OH is 4. The van der Waals surface area contributed by atoms with E-state index in [2.05, 4.69) is 41.2 Å². The third-order valence-electron chi connectivity index (χ3n) is 5.07. The average molecular weight is 453 g/mol. The molecule has 0 radical (unpaired) electrons. The van der Waals surface area contributed by atoms with E-state index < -0.39 is 41.8 Å². The van der Waals surface area contributed by atoms with Gasteiger partial charge in [0, 0.05) is 6.42 Å². The summed E-state index contributed by atoms with van der Waals surface area (Å²) < 4.78 is 4.65. The molecule has 0 aromatic carbocycles. The minimum absolute atomic E-state index is 0.236. The lowest BCUT2D eigenvalue weighted by Crippen LogP contribution is -2.39. The lowest BCUT2D eigenvalue weighted by atomic mass is 10.0. The molecule has 8 nitrogen and oxygen atoms in total. The molecule has 32 heavy (non-hydrogen) atoms. The molecular weight excluding hydrogens is 416 g/mol. The minimum Gasteiger partial charge on any atom is -0.505 e. The Labute approximate surface area is 189 Å². The van der Waals surface area contributed by atoms with Crippen molar-refractivity contribution >= 4 is 11.9 Å². The number of ether oxygens (including phenoxy) is 1. The molecule has 0 bridgehead atoms. The van der Waals surface area contributed by atoms with Crippen molar-refractivity contribution in [1.29, 1.82) is 0 Å². The van der Waals surface area contributed by atoms with Crippen LogP contribution in [0, 0.1) is 0 Å². The second-order valence-electron chi connectivity index (χ2n) is 7.78. The van der Waals surface area contributed by atoms with Gasteiger partial charge < -0.3 is 30.3 Å². The summed E-state index contributed by atoms with van der Waals surface area (Å²) in [5.41, 5.74) is 0. The van der Waals surface area contributed by atoms with Gasteiger partial charge in [-0.3, -0.25) is 4.79 Å². The number of aliphatic hydroxyl groups is 4. The van der Waals surface area contributed by atoms with Crippen LogP contribution < -0.4 is 0 Å². The quantitative estimate of drug-likeness (QED) is 0.126. The van der Waals surface area contributed by atoms with Gasteiger partial charge in [0.25, 0.3) is 0 Å². The Morgan fingerprint density at radius 2 is 1.44 bits per heavy atom. The third-order valence-corrected chi connectivity index (χ3v) is 5.07. The van der Waals surface area contributed by atoms with Crippen LogP contribution in [0.5, 0.6) is 0 Å². The first-order valence-electron chi connectivity index (χ1n) is 11.2. The first kappa shape index (κ1) is 27.5. The van der Waals surface area contributed by atoms with Gasteiger partial charge in [0.05, 0.1) is 6.10 Å². The number of carbonyl (C=O) groups is 2. The topological polar surface area (TPSA) is 145 Å². The summed E-state index contributed by atoms with van der Waals surface area (Å²) in [6, 6.07) is 0. The fourth-order valence-corrected chi connectivity index (χ4v) is 3.18. The molecule has 0 amide bonds. The van der Waals surface area contributed by atoms with Crippen LogP contribution in [0.15, 0.2) is 48.0 Å². The molecule has 1 heterocycles. The second kappa shape index (κ2) is 16.1. The van der Waals surface area contributed by atoms with Crippen LogP contribution in [-0.2, 0) is 14.3 Å². The first-order valence-corrected chi connectivity index (χ1v) is 11.2. The summed E-state index contributed by atoms with van der Waals surface area (Å²) >= 11 is 0. The van der Waals surface area contributed by atoms with E-state index in [-0.39, 0.29) is 6.42 Å². The summed E-state index contributed by atoms with van der Waals surface area (Å²) in [6.45, 7) is 0. The second-order valence-corrected chi connectivity index (χ2v) is 7.78. The molecule has 0 saturated carbocycles. The molecule has 1 aliphatic rings. The molecule has 1 rings (SSSR count). The molecule has 1 unspecified atom stereocenters. The van der Waals surface area contributed by atoms with Crippen LogP contribution in [0.25, 0.3) is 0 Å². The molecule has 0 aliphatic carbocycles. The molecule has 1 aliphatic heterocycles. The van der Waals surface area contributed by atoms with Crippen LogP contribution >= 0.6 is 0 Å². The van der Waals surface area contributed by atoms with Crippen molar-refractivity contribution in [3.05, 3.63) is 48.0 Å². The molecule has 5 N–H and O–H groups in total. The summed E-state index contributed by atoms with van der Waals surface area (Å²) in [5, 5.41) is 47.3. The Morgan fingerprint density at radius 3 is 1.97 bits per heavy atom. The minimum atomic E-state index is -1.48. The number of hydrogen-bond donors (Lipinski definition) is 5. The molecule has 8 heteroatoms. The molecule has 180 valence electrons. The van der Waals surface area contributed by atoms with E-state index >= 15 is 0 Å². The summed E-state index contributed by atoms with van der Waals surface area (Å²) in [5.74, 6) is -3.52. The highest BCUT2D eigenvalue weighted by Gasteiger charge is 2.41. The number of rotatable bonds is 17. The van der Waals surface area contributed by atoms with Gasteiger partial charge in [0.15, 0.2) is 11.9 Å². The van der Waals surface area contributed by atoms with Crippen molar-refractivity contribution < 1.29 is 39.9 Å². The zero-order chi connectivity index (χ0) is 23.8. The van der Waals surface area contributed by atoms with Gasteiger partial charge in [-0.25, -0.2) is 4.79 Å². The van der Waals surface area contributed by atoms with Crippen LogP contribution in [0.3, 0.4) is 0 Å². The largest absolute Gasteiger partial charge is 0.505 e. The fourth-order valence-electron chi connectivity index (χ4n) is 3.18. The van der Waals surface area contributed by atoms with E-state index in [1.807, 2.05) is 0 Å². The number of carboxylic acids is 1. The van der Waals surface area contributed by atoms with E-state index in [0.29, 0.717) is 19.3 Å². The summed E-state index contributed by atoms with van der Waals surface area (Å²) in [7, 11) is 0. The van der Waals surface area contributed by atoms with Crippen LogP contribution in [0.2, 0.25) is 0 Å². The molecule has 0 spiro atoms. The number of carbonyl (C=O) groups excluding carboxylic acids is 1. The maximum absolute atomic E-state index is 11.1. The highest BCUT2D eigenvalue weighted by Crippen LogP contribution is 2.24.